The van der Waals surface area contributed by atoms with Gasteiger partial charge in [-0.1, -0.05) is 18.2 Å². The van der Waals surface area contributed by atoms with E-state index in [0.29, 0.717) is 13.2 Å². The van der Waals surface area contributed by atoms with E-state index in [-0.39, 0.29) is 17.3 Å². The van der Waals surface area contributed by atoms with E-state index in [4.69, 9.17) is 9.47 Å². The molecule has 0 saturated carbocycles. The second-order valence-corrected chi connectivity index (χ2v) is 9.08. The molecule has 172 valence electrons. The third-order valence-electron chi connectivity index (χ3n) is 6.84. The van der Waals surface area contributed by atoms with Crippen LogP contribution in [0.3, 0.4) is 0 Å². The molecule has 7 nitrogen and oxygen atoms in total. The minimum atomic E-state index is -0.293. The number of benzene rings is 2. The molecular weight excluding hydrogens is 418 g/mol. The molecule has 1 spiro atoms. The summed E-state index contributed by atoms with van der Waals surface area (Å²) < 4.78 is 13.2. The standard InChI is InChI=1S/C26H29N3O4/c1-28-23-7-5-20(15-21(23)6-8-24(28)30)17-32-22-4-2-3-19(16-22)9-12-29-13-10-26(11-14-29)18-27-25(31)33-26/h2-8,15-16H,9-14,17-18H2,1H3,(H,27,31). The largest absolute Gasteiger partial charge is 0.489 e. The lowest BCUT2D eigenvalue weighted by atomic mass is 9.91. The van der Waals surface area contributed by atoms with Crippen LogP contribution in [0.5, 0.6) is 5.75 Å². The van der Waals surface area contributed by atoms with Crippen molar-refractivity contribution >= 4 is 17.0 Å². The molecule has 2 saturated heterocycles. The van der Waals surface area contributed by atoms with E-state index in [1.54, 1.807) is 17.7 Å². The van der Waals surface area contributed by atoms with E-state index >= 15 is 0 Å². The number of piperidine rings is 1. The van der Waals surface area contributed by atoms with Crippen LogP contribution in [-0.2, 0) is 24.8 Å². The number of carbonyl (C=O) groups excluding carboxylic acids is 1. The number of rotatable bonds is 6. The fraction of sp³-hybridized carbons (Fsp3) is 0.385. The van der Waals surface area contributed by atoms with Crippen molar-refractivity contribution in [2.24, 2.45) is 7.05 Å². The predicted octanol–water partition coefficient (Wildman–Crippen LogP) is 3.23. The Morgan fingerprint density at radius 1 is 1.03 bits per heavy atom. The third kappa shape index (κ3) is 4.73. The number of likely N-dealkylation sites (tertiary alicyclic amines) is 1. The molecular formula is C26H29N3O4. The average molecular weight is 448 g/mol. The molecule has 5 rings (SSSR count). The first kappa shape index (κ1) is 21.5. The molecule has 2 aromatic carbocycles. The van der Waals surface area contributed by atoms with Crippen LogP contribution in [0.2, 0.25) is 0 Å². The number of nitrogens with zero attached hydrogens (tertiary/aromatic N) is 2. The van der Waals surface area contributed by atoms with Crippen molar-refractivity contribution in [2.45, 2.75) is 31.5 Å². The molecule has 2 aliphatic heterocycles. The molecule has 0 bridgehead atoms. The lowest BCUT2D eigenvalue weighted by Crippen LogP contribution is -2.47. The van der Waals surface area contributed by atoms with Gasteiger partial charge in [0.25, 0.3) is 5.56 Å². The highest BCUT2D eigenvalue weighted by Gasteiger charge is 2.42. The summed E-state index contributed by atoms with van der Waals surface area (Å²) in [6, 6.07) is 17.8. The van der Waals surface area contributed by atoms with Crippen molar-refractivity contribution in [1.82, 2.24) is 14.8 Å². The van der Waals surface area contributed by atoms with E-state index < -0.39 is 0 Å². The molecule has 7 heteroatoms. The highest BCUT2D eigenvalue weighted by atomic mass is 16.6. The monoisotopic (exact) mass is 447 g/mol. The number of alkyl carbamates (subject to hydrolysis) is 1. The van der Waals surface area contributed by atoms with Gasteiger partial charge < -0.3 is 24.3 Å². The molecule has 1 aromatic heterocycles. The second-order valence-electron chi connectivity index (χ2n) is 9.08. The first-order valence-corrected chi connectivity index (χ1v) is 11.5. The van der Waals surface area contributed by atoms with Gasteiger partial charge in [0.15, 0.2) is 0 Å². The Hall–Kier alpha value is -3.32. The minimum Gasteiger partial charge on any atom is -0.489 e. The van der Waals surface area contributed by atoms with Crippen molar-refractivity contribution in [3.8, 4) is 5.75 Å². The van der Waals surface area contributed by atoms with Gasteiger partial charge in [-0.15, -0.1) is 0 Å². The van der Waals surface area contributed by atoms with Crippen LogP contribution in [0.25, 0.3) is 10.9 Å². The Bertz CT molecular complexity index is 1230. The fourth-order valence-electron chi connectivity index (χ4n) is 4.73. The lowest BCUT2D eigenvalue weighted by Gasteiger charge is -2.37. The Morgan fingerprint density at radius 2 is 1.88 bits per heavy atom. The molecule has 33 heavy (non-hydrogen) atoms. The maximum absolute atomic E-state index is 11.8. The summed E-state index contributed by atoms with van der Waals surface area (Å²) in [6.45, 7) is 3.97. The normalized spacial score (nSPS) is 17.8. The number of carbonyl (C=O) groups is 1. The van der Waals surface area contributed by atoms with Crippen LogP contribution in [0.15, 0.2) is 59.4 Å². The number of nitrogens with one attached hydrogen (secondary N) is 1. The van der Waals surface area contributed by atoms with Gasteiger partial charge in [-0.3, -0.25) is 4.79 Å². The van der Waals surface area contributed by atoms with Crippen LogP contribution in [0, 0.1) is 0 Å². The molecule has 0 aliphatic carbocycles. The van der Waals surface area contributed by atoms with Gasteiger partial charge in [0.05, 0.1) is 12.1 Å². The SMILES string of the molecule is Cn1c(=O)ccc2cc(COc3cccc(CCN4CCC5(CC4)CNC(=O)O5)c3)ccc21. The van der Waals surface area contributed by atoms with E-state index in [1.165, 1.54) is 5.56 Å². The number of pyridine rings is 1. The Kier molecular flexibility index (Phi) is 5.81. The van der Waals surface area contributed by atoms with E-state index in [9.17, 15) is 9.59 Å². The molecule has 0 unspecified atom stereocenters. The number of aromatic nitrogens is 1. The summed E-state index contributed by atoms with van der Waals surface area (Å²) >= 11 is 0. The summed E-state index contributed by atoms with van der Waals surface area (Å²) in [7, 11) is 1.79. The second kappa shape index (κ2) is 8.90. The van der Waals surface area contributed by atoms with Gasteiger partial charge in [-0.25, -0.2) is 4.79 Å². The van der Waals surface area contributed by atoms with Crippen molar-refractivity contribution in [2.75, 3.05) is 26.2 Å². The predicted molar refractivity (Wildman–Crippen MR) is 127 cm³/mol. The number of fused-ring (bicyclic) bond motifs is 1. The zero-order valence-corrected chi connectivity index (χ0v) is 18.9. The van der Waals surface area contributed by atoms with E-state index in [2.05, 4.69) is 28.4 Å². The van der Waals surface area contributed by atoms with Gasteiger partial charge in [0.2, 0.25) is 0 Å². The average Bonchev–Trinajstić information content (AvgIpc) is 3.20. The van der Waals surface area contributed by atoms with Crippen LogP contribution in [-0.4, -0.2) is 47.3 Å². The quantitative estimate of drug-likeness (QED) is 0.628. The van der Waals surface area contributed by atoms with E-state index in [0.717, 1.165) is 61.1 Å². The smallest absolute Gasteiger partial charge is 0.407 e. The molecule has 2 aliphatic rings. The number of hydrogen-bond donors (Lipinski definition) is 1. The summed E-state index contributed by atoms with van der Waals surface area (Å²) in [6.07, 6.45) is 2.44. The third-order valence-corrected chi connectivity index (χ3v) is 6.84. The summed E-state index contributed by atoms with van der Waals surface area (Å²) in [4.78, 5) is 25.6. The van der Waals surface area contributed by atoms with Crippen LogP contribution < -0.4 is 15.6 Å². The number of amides is 1. The Labute approximate surface area is 192 Å². The van der Waals surface area contributed by atoms with Gasteiger partial charge >= 0.3 is 6.09 Å². The number of ether oxygens (including phenoxy) is 2. The van der Waals surface area contributed by atoms with Crippen molar-refractivity contribution in [3.63, 3.8) is 0 Å². The lowest BCUT2D eigenvalue weighted by molar-refractivity contribution is 0.00123. The van der Waals surface area contributed by atoms with Crippen LogP contribution in [0.4, 0.5) is 4.79 Å². The molecule has 3 aromatic rings. The first-order chi connectivity index (χ1) is 16.0. The van der Waals surface area contributed by atoms with Gasteiger partial charge in [0, 0.05) is 45.6 Å². The zero-order valence-electron chi connectivity index (χ0n) is 18.9. The molecule has 0 atom stereocenters. The molecule has 3 heterocycles. The van der Waals surface area contributed by atoms with Gasteiger partial charge in [-0.05, 0) is 53.3 Å². The van der Waals surface area contributed by atoms with Crippen molar-refractivity contribution in [1.29, 1.82) is 0 Å². The maximum atomic E-state index is 11.8. The van der Waals surface area contributed by atoms with Crippen molar-refractivity contribution < 1.29 is 14.3 Å². The van der Waals surface area contributed by atoms with Crippen LogP contribution >= 0.6 is 0 Å². The molecule has 1 amide bonds. The van der Waals surface area contributed by atoms with Crippen molar-refractivity contribution in [3.05, 3.63) is 76.1 Å². The molecule has 0 radical (unpaired) electrons. The zero-order chi connectivity index (χ0) is 22.8. The van der Waals surface area contributed by atoms with Gasteiger partial charge in [-0.2, -0.15) is 0 Å². The fourth-order valence-corrected chi connectivity index (χ4v) is 4.73. The number of aryl methyl sites for hydroxylation is 1. The van der Waals surface area contributed by atoms with Gasteiger partial charge in [0.1, 0.15) is 18.0 Å². The summed E-state index contributed by atoms with van der Waals surface area (Å²) in [5.74, 6) is 0.856. The summed E-state index contributed by atoms with van der Waals surface area (Å²) in [5, 5.41) is 3.82. The highest BCUT2D eigenvalue weighted by molar-refractivity contribution is 5.79. The molecule has 1 N–H and O–H groups in total. The minimum absolute atomic E-state index is 0.00801. The Morgan fingerprint density at radius 3 is 2.67 bits per heavy atom. The first-order valence-electron chi connectivity index (χ1n) is 11.5. The topological polar surface area (TPSA) is 72.8 Å². The van der Waals surface area contributed by atoms with Crippen LogP contribution in [0.1, 0.15) is 24.0 Å². The Balaban J connectivity index is 1.15. The number of hydrogen-bond acceptors (Lipinski definition) is 5. The summed E-state index contributed by atoms with van der Waals surface area (Å²) in [5.41, 5.74) is 2.93. The maximum Gasteiger partial charge on any atom is 0.407 e. The van der Waals surface area contributed by atoms with E-state index in [1.807, 2.05) is 30.3 Å². The molecule has 2 fully saturated rings. The highest BCUT2D eigenvalue weighted by Crippen LogP contribution is 2.29.